The van der Waals surface area contributed by atoms with Gasteiger partial charge in [-0.05, 0) is 23.8 Å². The van der Waals surface area contributed by atoms with Crippen LogP contribution >= 0.6 is 11.8 Å². The molecule has 0 bridgehead atoms. The van der Waals surface area contributed by atoms with Gasteiger partial charge in [0.15, 0.2) is 0 Å². The molecule has 1 amide bonds. The van der Waals surface area contributed by atoms with Gasteiger partial charge in [-0.25, -0.2) is 4.79 Å². The maximum absolute atomic E-state index is 10.6. The second kappa shape index (κ2) is 4.49. The number of rotatable bonds is 2. The first kappa shape index (κ1) is 8.71. The highest BCUT2D eigenvalue weighted by Crippen LogP contribution is 2.22. The van der Waals surface area contributed by atoms with E-state index in [0.717, 1.165) is 6.54 Å². The molecular weight excluding hydrogens is 162 g/mol. The van der Waals surface area contributed by atoms with E-state index in [-0.39, 0.29) is 6.09 Å². The van der Waals surface area contributed by atoms with Gasteiger partial charge in [-0.1, -0.05) is 0 Å². The Morgan fingerprint density at radius 2 is 2.64 bits per heavy atom. The lowest BCUT2D eigenvalue weighted by Gasteiger charge is -2.07. The third-order valence-electron chi connectivity index (χ3n) is 1.74. The third kappa shape index (κ3) is 3.01. The van der Waals surface area contributed by atoms with E-state index in [1.165, 1.54) is 25.0 Å². The maximum Gasteiger partial charge on any atom is 0.406 e. The average molecular weight is 175 g/mol. The zero-order valence-electron chi connectivity index (χ0n) is 6.63. The second-order valence-corrected chi connectivity index (χ2v) is 3.75. The second-order valence-electron chi connectivity index (χ2n) is 2.60. The van der Waals surface area contributed by atoms with Crippen molar-refractivity contribution in [3.8, 4) is 0 Å². The highest BCUT2D eigenvalue weighted by atomic mass is 32.2. The molecule has 1 atom stereocenters. The van der Waals surface area contributed by atoms with Gasteiger partial charge in [0.05, 0.1) is 7.11 Å². The summed E-state index contributed by atoms with van der Waals surface area (Å²) in [5, 5.41) is 2.70. The first-order chi connectivity index (χ1) is 5.33. The number of thioether (sulfide) groups is 1. The van der Waals surface area contributed by atoms with E-state index in [1.54, 1.807) is 0 Å². The fourth-order valence-corrected chi connectivity index (χ4v) is 2.33. The Kier molecular flexibility index (Phi) is 3.56. The van der Waals surface area contributed by atoms with Crippen molar-refractivity contribution >= 4 is 17.9 Å². The van der Waals surface area contributed by atoms with Gasteiger partial charge in [-0.2, -0.15) is 11.8 Å². The number of hydrogen-bond acceptors (Lipinski definition) is 3. The van der Waals surface area contributed by atoms with Gasteiger partial charge in [0.2, 0.25) is 0 Å². The summed E-state index contributed by atoms with van der Waals surface area (Å²) in [6, 6.07) is 0. The first-order valence-electron chi connectivity index (χ1n) is 3.72. The predicted octanol–water partition coefficient (Wildman–Crippen LogP) is 1.10. The van der Waals surface area contributed by atoms with E-state index in [0.29, 0.717) is 5.92 Å². The van der Waals surface area contributed by atoms with Crippen molar-refractivity contribution in [1.82, 2.24) is 5.32 Å². The van der Waals surface area contributed by atoms with Crippen LogP contribution in [0.2, 0.25) is 0 Å². The molecule has 1 saturated heterocycles. The summed E-state index contributed by atoms with van der Waals surface area (Å²) < 4.78 is 4.45. The molecule has 0 saturated carbocycles. The van der Waals surface area contributed by atoms with E-state index in [9.17, 15) is 4.79 Å². The predicted molar refractivity (Wildman–Crippen MR) is 45.8 cm³/mol. The largest absolute Gasteiger partial charge is 0.453 e. The third-order valence-corrected chi connectivity index (χ3v) is 2.98. The lowest BCUT2D eigenvalue weighted by atomic mass is 10.1. The number of methoxy groups -OCH3 is 1. The van der Waals surface area contributed by atoms with Crippen LogP contribution < -0.4 is 5.32 Å². The topological polar surface area (TPSA) is 38.3 Å². The van der Waals surface area contributed by atoms with Crippen LogP contribution in [0.15, 0.2) is 0 Å². The van der Waals surface area contributed by atoms with Gasteiger partial charge in [0.25, 0.3) is 0 Å². The van der Waals surface area contributed by atoms with Crippen LogP contribution in [-0.4, -0.2) is 31.3 Å². The van der Waals surface area contributed by atoms with Crippen molar-refractivity contribution in [2.75, 3.05) is 25.2 Å². The SMILES string of the molecule is COC(=O)NCC1CCSC1. The number of alkyl carbamates (subject to hydrolysis) is 1. The van der Waals surface area contributed by atoms with E-state index in [1.807, 2.05) is 11.8 Å². The zero-order chi connectivity index (χ0) is 8.10. The molecule has 0 aliphatic carbocycles. The van der Waals surface area contributed by atoms with Gasteiger partial charge < -0.3 is 10.1 Å². The van der Waals surface area contributed by atoms with Crippen LogP contribution in [0.5, 0.6) is 0 Å². The molecule has 1 unspecified atom stereocenters. The van der Waals surface area contributed by atoms with Crippen LogP contribution in [0.25, 0.3) is 0 Å². The standard InChI is InChI=1S/C7H13NO2S/c1-10-7(9)8-4-6-2-3-11-5-6/h6H,2-5H2,1H3,(H,8,9). The normalized spacial score (nSPS) is 23.2. The van der Waals surface area contributed by atoms with E-state index in [2.05, 4.69) is 10.1 Å². The molecule has 1 rings (SSSR count). The van der Waals surface area contributed by atoms with Gasteiger partial charge in [-0.15, -0.1) is 0 Å². The highest BCUT2D eigenvalue weighted by Gasteiger charge is 2.15. The van der Waals surface area contributed by atoms with Gasteiger partial charge in [0.1, 0.15) is 0 Å². The van der Waals surface area contributed by atoms with Crippen molar-refractivity contribution in [2.24, 2.45) is 5.92 Å². The molecule has 3 nitrogen and oxygen atoms in total. The number of nitrogens with one attached hydrogen (secondary N) is 1. The number of amides is 1. The van der Waals surface area contributed by atoms with Crippen molar-refractivity contribution in [3.63, 3.8) is 0 Å². The molecule has 0 radical (unpaired) electrons. The minimum Gasteiger partial charge on any atom is -0.453 e. The van der Waals surface area contributed by atoms with Gasteiger partial charge >= 0.3 is 6.09 Å². The van der Waals surface area contributed by atoms with Gasteiger partial charge in [0, 0.05) is 6.54 Å². The Bertz CT molecular complexity index is 134. The Morgan fingerprint density at radius 1 is 1.82 bits per heavy atom. The van der Waals surface area contributed by atoms with E-state index in [4.69, 9.17) is 0 Å². The minimum atomic E-state index is -0.318. The van der Waals surface area contributed by atoms with Gasteiger partial charge in [-0.3, -0.25) is 0 Å². The van der Waals surface area contributed by atoms with Crippen LogP contribution in [0.1, 0.15) is 6.42 Å². The summed E-state index contributed by atoms with van der Waals surface area (Å²) in [5.74, 6) is 3.05. The first-order valence-corrected chi connectivity index (χ1v) is 4.88. The van der Waals surface area contributed by atoms with Crippen molar-refractivity contribution in [2.45, 2.75) is 6.42 Å². The molecule has 1 N–H and O–H groups in total. The summed E-state index contributed by atoms with van der Waals surface area (Å²) in [4.78, 5) is 10.6. The molecule has 4 heteroatoms. The quantitative estimate of drug-likeness (QED) is 0.683. The lowest BCUT2D eigenvalue weighted by molar-refractivity contribution is 0.169. The van der Waals surface area contributed by atoms with Crippen LogP contribution in [0, 0.1) is 5.92 Å². The fourth-order valence-electron chi connectivity index (χ4n) is 1.04. The number of hydrogen-bond donors (Lipinski definition) is 1. The Labute approximate surface area is 70.9 Å². The number of ether oxygens (including phenoxy) is 1. The summed E-state index contributed by atoms with van der Waals surface area (Å²) in [7, 11) is 1.39. The molecule has 0 aromatic rings. The molecule has 1 aliphatic heterocycles. The molecule has 1 aliphatic rings. The Morgan fingerprint density at radius 3 is 3.18 bits per heavy atom. The van der Waals surface area contributed by atoms with Crippen molar-refractivity contribution in [3.05, 3.63) is 0 Å². The molecule has 64 valence electrons. The minimum absolute atomic E-state index is 0.318. The van der Waals surface area contributed by atoms with Crippen molar-refractivity contribution < 1.29 is 9.53 Å². The molecule has 0 aromatic carbocycles. The molecule has 1 fully saturated rings. The van der Waals surface area contributed by atoms with Crippen LogP contribution in [-0.2, 0) is 4.74 Å². The van der Waals surface area contributed by atoms with Crippen LogP contribution in [0.4, 0.5) is 4.79 Å². The molecule has 0 aromatic heterocycles. The van der Waals surface area contributed by atoms with Crippen LogP contribution in [0.3, 0.4) is 0 Å². The number of carbonyl (C=O) groups excluding carboxylic acids is 1. The van der Waals surface area contributed by atoms with Crippen molar-refractivity contribution in [1.29, 1.82) is 0 Å². The lowest BCUT2D eigenvalue weighted by Crippen LogP contribution is -2.28. The maximum atomic E-state index is 10.6. The smallest absolute Gasteiger partial charge is 0.406 e. The summed E-state index contributed by atoms with van der Waals surface area (Å²) in [6.07, 6.45) is 0.899. The summed E-state index contributed by atoms with van der Waals surface area (Å²) in [5.41, 5.74) is 0. The highest BCUT2D eigenvalue weighted by molar-refractivity contribution is 7.99. The van der Waals surface area contributed by atoms with E-state index < -0.39 is 0 Å². The molecule has 1 heterocycles. The molecular formula is C7H13NO2S. The van der Waals surface area contributed by atoms with E-state index >= 15 is 0 Å². The molecule has 11 heavy (non-hydrogen) atoms. The summed E-state index contributed by atoms with van der Waals surface area (Å²) >= 11 is 1.95. The Balaban J connectivity index is 2.06. The Hall–Kier alpha value is -0.380. The molecule has 0 spiro atoms. The zero-order valence-corrected chi connectivity index (χ0v) is 7.45. The fraction of sp³-hybridized carbons (Fsp3) is 0.857. The number of carbonyl (C=O) groups is 1. The average Bonchev–Trinajstić information content (AvgIpc) is 2.52. The summed E-state index contributed by atoms with van der Waals surface area (Å²) in [6.45, 7) is 0.764. The monoisotopic (exact) mass is 175 g/mol.